The number of likely N-dealkylation sites (tertiary alicyclic amines) is 1. The summed E-state index contributed by atoms with van der Waals surface area (Å²) in [6.45, 7) is 12.0. The summed E-state index contributed by atoms with van der Waals surface area (Å²) in [5, 5.41) is 0. The molecule has 156 valence electrons. The van der Waals surface area contributed by atoms with Gasteiger partial charge in [-0.25, -0.2) is 8.42 Å². The third-order valence-corrected chi connectivity index (χ3v) is 7.87. The van der Waals surface area contributed by atoms with Crippen molar-refractivity contribution in [1.29, 1.82) is 0 Å². The van der Waals surface area contributed by atoms with E-state index in [9.17, 15) is 13.2 Å². The number of hydrogen-bond donors (Lipinski definition) is 0. The van der Waals surface area contributed by atoms with Crippen molar-refractivity contribution < 1.29 is 13.2 Å². The Balaban J connectivity index is 1.62. The van der Waals surface area contributed by atoms with Gasteiger partial charge in [-0.2, -0.15) is 4.31 Å². The van der Waals surface area contributed by atoms with E-state index in [0.29, 0.717) is 31.1 Å². The fourth-order valence-corrected chi connectivity index (χ4v) is 5.39. The van der Waals surface area contributed by atoms with Gasteiger partial charge in [-0.1, -0.05) is 32.9 Å². The van der Waals surface area contributed by atoms with Crippen molar-refractivity contribution in [2.75, 3.05) is 39.3 Å². The zero-order valence-electron chi connectivity index (χ0n) is 17.5. The first-order valence-corrected chi connectivity index (χ1v) is 11.7. The van der Waals surface area contributed by atoms with Crippen LogP contribution in [0, 0.1) is 0 Å². The molecule has 1 amide bonds. The normalized spacial score (nSPS) is 21.1. The smallest absolute Gasteiger partial charge is 0.243 e. The van der Waals surface area contributed by atoms with Gasteiger partial charge < -0.3 is 4.90 Å². The molecule has 0 spiro atoms. The van der Waals surface area contributed by atoms with E-state index in [1.807, 2.05) is 24.0 Å². The van der Waals surface area contributed by atoms with E-state index in [0.717, 1.165) is 31.5 Å². The number of hydrogen-bond acceptors (Lipinski definition) is 4. The second-order valence-electron chi connectivity index (χ2n) is 8.92. The Labute approximate surface area is 169 Å². The molecule has 2 heterocycles. The highest BCUT2D eigenvalue weighted by atomic mass is 32.2. The predicted octanol–water partition coefficient (Wildman–Crippen LogP) is 2.30. The van der Waals surface area contributed by atoms with Crippen LogP contribution in [0.4, 0.5) is 0 Å². The van der Waals surface area contributed by atoms with E-state index in [4.69, 9.17) is 0 Å². The van der Waals surface area contributed by atoms with Gasteiger partial charge in [0.05, 0.1) is 10.9 Å². The van der Waals surface area contributed by atoms with Crippen LogP contribution in [-0.4, -0.2) is 73.7 Å². The molecule has 7 heteroatoms. The van der Waals surface area contributed by atoms with Gasteiger partial charge in [0, 0.05) is 39.3 Å². The molecule has 0 aliphatic carbocycles. The minimum atomic E-state index is -3.50. The van der Waals surface area contributed by atoms with Crippen LogP contribution in [0.3, 0.4) is 0 Å². The highest BCUT2D eigenvalue weighted by Gasteiger charge is 2.33. The number of sulfonamides is 1. The molecule has 3 rings (SSSR count). The van der Waals surface area contributed by atoms with Crippen molar-refractivity contribution in [3.8, 4) is 0 Å². The van der Waals surface area contributed by atoms with E-state index in [1.165, 1.54) is 0 Å². The maximum Gasteiger partial charge on any atom is 0.243 e. The monoisotopic (exact) mass is 407 g/mol. The van der Waals surface area contributed by atoms with Crippen LogP contribution in [-0.2, 0) is 20.2 Å². The van der Waals surface area contributed by atoms with Crippen molar-refractivity contribution in [3.05, 3.63) is 29.8 Å². The summed E-state index contributed by atoms with van der Waals surface area (Å²) >= 11 is 0. The van der Waals surface area contributed by atoms with Gasteiger partial charge in [0.2, 0.25) is 15.9 Å². The second kappa shape index (κ2) is 8.13. The van der Waals surface area contributed by atoms with Gasteiger partial charge in [0.25, 0.3) is 0 Å². The fourth-order valence-electron chi connectivity index (χ4n) is 3.97. The minimum absolute atomic E-state index is 0.00800. The van der Waals surface area contributed by atoms with E-state index in [2.05, 4.69) is 25.7 Å². The summed E-state index contributed by atoms with van der Waals surface area (Å²) in [5.41, 5.74) is 1.11. The summed E-state index contributed by atoms with van der Waals surface area (Å²) in [5.74, 6) is 0.173. The van der Waals surface area contributed by atoms with Crippen LogP contribution in [0.2, 0.25) is 0 Å². The number of piperazine rings is 1. The minimum Gasteiger partial charge on any atom is -0.341 e. The van der Waals surface area contributed by atoms with E-state index in [1.54, 1.807) is 16.4 Å². The Hall–Kier alpha value is -1.44. The van der Waals surface area contributed by atoms with Crippen LogP contribution in [0.25, 0.3) is 0 Å². The third-order valence-electron chi connectivity index (χ3n) is 5.95. The molecule has 0 saturated carbocycles. The van der Waals surface area contributed by atoms with Gasteiger partial charge >= 0.3 is 0 Å². The largest absolute Gasteiger partial charge is 0.341 e. The molecular formula is C21H33N3O3S. The van der Waals surface area contributed by atoms with Gasteiger partial charge in [-0.05, 0) is 42.9 Å². The molecular weight excluding hydrogens is 374 g/mol. The molecule has 2 fully saturated rings. The van der Waals surface area contributed by atoms with Crippen molar-refractivity contribution in [1.82, 2.24) is 14.1 Å². The molecule has 0 aromatic heterocycles. The maximum atomic E-state index is 13.0. The lowest BCUT2D eigenvalue weighted by Gasteiger charge is -2.37. The number of amides is 1. The highest BCUT2D eigenvalue weighted by molar-refractivity contribution is 7.89. The number of benzene rings is 1. The van der Waals surface area contributed by atoms with Gasteiger partial charge in [0.1, 0.15) is 0 Å². The zero-order chi connectivity index (χ0) is 20.5. The Morgan fingerprint density at radius 2 is 1.46 bits per heavy atom. The summed E-state index contributed by atoms with van der Waals surface area (Å²) in [6, 6.07) is 7.04. The quantitative estimate of drug-likeness (QED) is 0.768. The van der Waals surface area contributed by atoms with Gasteiger partial charge in [-0.3, -0.25) is 9.69 Å². The summed E-state index contributed by atoms with van der Waals surface area (Å²) in [7, 11) is -3.50. The number of carbonyl (C=O) groups is 1. The Morgan fingerprint density at radius 3 is 1.96 bits per heavy atom. The van der Waals surface area contributed by atoms with E-state index >= 15 is 0 Å². The van der Waals surface area contributed by atoms with Crippen LogP contribution in [0.15, 0.2) is 29.2 Å². The Bertz CT molecular complexity index is 785. The fraction of sp³-hybridized carbons (Fsp3) is 0.667. The third kappa shape index (κ3) is 4.42. The average Bonchev–Trinajstić information content (AvgIpc) is 3.21. The number of rotatable bonds is 4. The lowest BCUT2D eigenvalue weighted by Crippen LogP contribution is -2.55. The molecule has 2 saturated heterocycles. The molecule has 0 N–H and O–H groups in total. The zero-order valence-corrected chi connectivity index (χ0v) is 18.3. The lowest BCUT2D eigenvalue weighted by atomic mass is 9.87. The van der Waals surface area contributed by atoms with E-state index < -0.39 is 10.0 Å². The molecule has 1 aromatic rings. The highest BCUT2D eigenvalue weighted by Crippen LogP contribution is 2.25. The number of carbonyl (C=O) groups excluding carboxylic acids is 1. The molecule has 2 aliphatic rings. The molecule has 6 nitrogen and oxygen atoms in total. The summed E-state index contributed by atoms with van der Waals surface area (Å²) in [6.07, 6.45) is 2.16. The second-order valence-corrected chi connectivity index (χ2v) is 10.9. The summed E-state index contributed by atoms with van der Waals surface area (Å²) < 4.78 is 27.5. The molecule has 2 aliphatic heterocycles. The number of nitrogens with zero attached hydrogens (tertiary/aromatic N) is 3. The first-order valence-electron chi connectivity index (χ1n) is 10.2. The van der Waals surface area contributed by atoms with Gasteiger partial charge in [-0.15, -0.1) is 0 Å². The molecule has 28 heavy (non-hydrogen) atoms. The van der Waals surface area contributed by atoms with Crippen molar-refractivity contribution in [2.24, 2.45) is 0 Å². The van der Waals surface area contributed by atoms with Crippen LogP contribution in [0.5, 0.6) is 0 Å². The summed E-state index contributed by atoms with van der Waals surface area (Å²) in [4.78, 5) is 17.0. The van der Waals surface area contributed by atoms with E-state index in [-0.39, 0.29) is 17.4 Å². The van der Waals surface area contributed by atoms with Crippen molar-refractivity contribution in [2.45, 2.75) is 56.9 Å². The van der Waals surface area contributed by atoms with Gasteiger partial charge in [0.15, 0.2) is 0 Å². The molecule has 1 aromatic carbocycles. The predicted molar refractivity (Wildman–Crippen MR) is 111 cm³/mol. The maximum absolute atomic E-state index is 13.0. The van der Waals surface area contributed by atoms with Crippen molar-refractivity contribution >= 4 is 15.9 Å². The SMILES string of the molecule is C[C@H](C(=O)N1CCCC1)N1CCN(S(=O)(=O)c2ccc(C(C)(C)C)cc2)CC1. The lowest BCUT2D eigenvalue weighted by molar-refractivity contribution is -0.135. The standard InChI is InChI=1S/C21H33N3O3S/c1-17(20(25)23-11-5-6-12-23)22-13-15-24(16-14-22)28(26,27)19-9-7-18(8-10-19)21(2,3)4/h7-10,17H,5-6,11-16H2,1-4H3/t17-/m1/s1. The van der Waals surface area contributed by atoms with Crippen molar-refractivity contribution in [3.63, 3.8) is 0 Å². The van der Waals surface area contributed by atoms with Crippen LogP contribution < -0.4 is 0 Å². The molecule has 1 atom stereocenters. The van der Waals surface area contributed by atoms with Crippen LogP contribution in [0.1, 0.15) is 46.1 Å². The Kier molecular flexibility index (Phi) is 6.17. The average molecular weight is 408 g/mol. The first-order chi connectivity index (χ1) is 13.1. The molecule has 0 bridgehead atoms. The molecule has 0 unspecified atom stereocenters. The first kappa shape index (κ1) is 21.3. The van der Waals surface area contributed by atoms with Crippen LogP contribution >= 0.6 is 0 Å². The topological polar surface area (TPSA) is 60.9 Å². The molecule has 0 radical (unpaired) electrons. The Morgan fingerprint density at radius 1 is 0.929 bits per heavy atom.